The Morgan fingerprint density at radius 3 is 2.00 bits per heavy atom. The number of benzene rings is 2. The summed E-state index contributed by atoms with van der Waals surface area (Å²) < 4.78 is 63.6. The van der Waals surface area contributed by atoms with Crippen LogP contribution in [-0.2, 0) is 16.0 Å². The van der Waals surface area contributed by atoms with Gasteiger partial charge in [-0.3, -0.25) is 9.80 Å². The first-order chi connectivity index (χ1) is 12.7. The summed E-state index contributed by atoms with van der Waals surface area (Å²) in [6, 6.07) is 11.1. The molecule has 2 fully saturated rings. The zero-order valence-corrected chi connectivity index (χ0v) is 14.7. The molecule has 2 unspecified atom stereocenters. The standard InChI is InChI=1S/C18H15F3N2O3S/c19-18(20,21)12-5-4-8-14(9-12)23-16-11-27(25,26)10-15(16)22(17(23)24)13-6-2-1-3-7-13/h1-9,15-16H,10-11H2. The number of sulfone groups is 1. The van der Waals surface area contributed by atoms with E-state index in [1.54, 1.807) is 30.3 Å². The fourth-order valence-corrected chi connectivity index (χ4v) is 5.65. The van der Waals surface area contributed by atoms with Crippen LogP contribution in [0.4, 0.5) is 29.3 Å². The Hall–Kier alpha value is -2.55. The number of fused-ring (bicyclic) bond motifs is 1. The van der Waals surface area contributed by atoms with Crippen LogP contribution in [0.1, 0.15) is 5.56 Å². The number of urea groups is 1. The maximum absolute atomic E-state index is 13.1. The number of hydrogen-bond donors (Lipinski definition) is 0. The van der Waals surface area contributed by atoms with Crippen LogP contribution in [0.25, 0.3) is 0 Å². The Bertz CT molecular complexity index is 992. The summed E-state index contributed by atoms with van der Waals surface area (Å²) >= 11 is 0. The number of carbonyl (C=O) groups excluding carboxylic acids is 1. The zero-order chi connectivity index (χ0) is 19.4. The van der Waals surface area contributed by atoms with E-state index in [4.69, 9.17) is 0 Å². The maximum atomic E-state index is 13.1. The highest BCUT2D eigenvalue weighted by Crippen LogP contribution is 2.39. The van der Waals surface area contributed by atoms with Crippen LogP contribution in [-0.4, -0.2) is 38.0 Å². The zero-order valence-electron chi connectivity index (χ0n) is 13.9. The number of rotatable bonds is 2. The van der Waals surface area contributed by atoms with Gasteiger partial charge in [0.15, 0.2) is 9.84 Å². The topological polar surface area (TPSA) is 57.7 Å². The fraction of sp³-hybridized carbons (Fsp3) is 0.278. The lowest BCUT2D eigenvalue weighted by Crippen LogP contribution is -2.38. The van der Waals surface area contributed by atoms with Gasteiger partial charge in [0.1, 0.15) is 0 Å². The predicted molar refractivity (Wildman–Crippen MR) is 94.5 cm³/mol. The Morgan fingerprint density at radius 2 is 1.41 bits per heavy atom. The summed E-state index contributed by atoms with van der Waals surface area (Å²) in [7, 11) is -3.41. The predicted octanol–water partition coefficient (Wildman–Crippen LogP) is 3.32. The van der Waals surface area contributed by atoms with Crippen molar-refractivity contribution < 1.29 is 26.4 Å². The Labute approximate surface area is 153 Å². The van der Waals surface area contributed by atoms with E-state index >= 15 is 0 Å². The summed E-state index contributed by atoms with van der Waals surface area (Å²) in [5, 5.41) is 0. The highest BCUT2D eigenvalue weighted by molar-refractivity contribution is 7.91. The molecule has 2 saturated heterocycles. The Morgan fingerprint density at radius 1 is 0.852 bits per heavy atom. The number of carbonyl (C=O) groups is 1. The molecule has 2 amide bonds. The van der Waals surface area contributed by atoms with Gasteiger partial charge >= 0.3 is 12.2 Å². The Kier molecular flexibility index (Phi) is 3.95. The molecular formula is C18H15F3N2O3S. The van der Waals surface area contributed by atoms with Crippen molar-refractivity contribution in [2.45, 2.75) is 18.3 Å². The number of nitrogens with zero attached hydrogens (tertiary/aromatic N) is 2. The van der Waals surface area contributed by atoms with E-state index < -0.39 is 39.7 Å². The number of anilines is 2. The van der Waals surface area contributed by atoms with Gasteiger partial charge in [-0.1, -0.05) is 24.3 Å². The highest BCUT2D eigenvalue weighted by Gasteiger charge is 2.54. The lowest BCUT2D eigenvalue weighted by molar-refractivity contribution is -0.137. The first kappa shape index (κ1) is 17.8. The minimum absolute atomic E-state index is 0.0420. The van der Waals surface area contributed by atoms with Crippen molar-refractivity contribution in [2.75, 3.05) is 21.3 Å². The molecule has 0 aromatic heterocycles. The number of hydrogen-bond acceptors (Lipinski definition) is 3. The third-order valence-corrected chi connectivity index (χ3v) is 6.55. The van der Waals surface area contributed by atoms with Crippen molar-refractivity contribution in [1.82, 2.24) is 0 Å². The molecule has 2 aromatic carbocycles. The van der Waals surface area contributed by atoms with Crippen molar-refractivity contribution in [3.05, 3.63) is 60.2 Å². The third-order valence-electron chi connectivity index (χ3n) is 4.86. The molecule has 2 atom stereocenters. The van der Waals surface area contributed by atoms with Gasteiger partial charge in [-0.25, -0.2) is 13.2 Å². The normalized spacial score (nSPS) is 24.3. The van der Waals surface area contributed by atoms with Gasteiger partial charge in [0.2, 0.25) is 0 Å². The quantitative estimate of drug-likeness (QED) is 0.732. The SMILES string of the molecule is O=C1N(c2ccccc2)C2CS(=O)(=O)CC2N1c1cccc(C(F)(F)F)c1. The molecule has 0 spiro atoms. The van der Waals surface area contributed by atoms with Crippen LogP contribution < -0.4 is 9.80 Å². The van der Waals surface area contributed by atoms with E-state index in [2.05, 4.69) is 0 Å². The van der Waals surface area contributed by atoms with Crippen LogP contribution in [0.15, 0.2) is 54.6 Å². The minimum atomic E-state index is -4.56. The summed E-state index contributed by atoms with van der Waals surface area (Å²) in [5.74, 6) is -0.489. The second-order valence-corrected chi connectivity index (χ2v) is 8.77. The molecule has 2 aromatic rings. The smallest absolute Gasteiger partial charge is 0.288 e. The monoisotopic (exact) mass is 396 g/mol. The van der Waals surface area contributed by atoms with E-state index in [1.165, 1.54) is 21.9 Å². The van der Waals surface area contributed by atoms with Crippen LogP contribution in [0.2, 0.25) is 0 Å². The molecule has 4 rings (SSSR count). The second kappa shape index (κ2) is 5.98. The fourth-order valence-electron chi connectivity index (χ4n) is 3.73. The van der Waals surface area contributed by atoms with Gasteiger partial charge in [0, 0.05) is 11.4 Å². The number of halogens is 3. The van der Waals surface area contributed by atoms with Gasteiger partial charge < -0.3 is 0 Å². The van der Waals surface area contributed by atoms with E-state index in [-0.39, 0.29) is 17.2 Å². The van der Waals surface area contributed by atoms with E-state index in [9.17, 15) is 26.4 Å². The average molecular weight is 396 g/mol. The summed E-state index contributed by atoms with van der Waals surface area (Å²) in [5.41, 5.74) is -0.326. The number of para-hydroxylation sites is 1. The van der Waals surface area contributed by atoms with Crippen molar-refractivity contribution in [1.29, 1.82) is 0 Å². The summed E-state index contributed by atoms with van der Waals surface area (Å²) in [6.07, 6.45) is -4.56. The first-order valence-electron chi connectivity index (χ1n) is 8.22. The molecule has 2 heterocycles. The van der Waals surface area contributed by atoms with E-state index in [0.717, 1.165) is 12.1 Å². The molecule has 142 valence electrons. The van der Waals surface area contributed by atoms with Gasteiger partial charge in [0.25, 0.3) is 0 Å². The van der Waals surface area contributed by atoms with Gasteiger partial charge in [-0.15, -0.1) is 0 Å². The molecule has 0 aliphatic carbocycles. The second-order valence-electron chi connectivity index (χ2n) is 6.62. The molecule has 0 bridgehead atoms. The van der Waals surface area contributed by atoms with Crippen LogP contribution in [0.5, 0.6) is 0 Å². The van der Waals surface area contributed by atoms with Gasteiger partial charge in [0.05, 0.1) is 29.2 Å². The molecule has 0 saturated carbocycles. The van der Waals surface area contributed by atoms with Gasteiger partial charge in [-0.05, 0) is 30.3 Å². The van der Waals surface area contributed by atoms with Crippen LogP contribution >= 0.6 is 0 Å². The van der Waals surface area contributed by atoms with Crippen molar-refractivity contribution in [3.8, 4) is 0 Å². The molecule has 5 nitrogen and oxygen atoms in total. The summed E-state index contributed by atoms with van der Waals surface area (Å²) in [4.78, 5) is 15.6. The molecule has 9 heteroatoms. The van der Waals surface area contributed by atoms with Crippen molar-refractivity contribution in [2.24, 2.45) is 0 Å². The molecule has 2 aliphatic heterocycles. The third kappa shape index (κ3) is 3.05. The molecular weight excluding hydrogens is 381 g/mol. The maximum Gasteiger partial charge on any atom is 0.416 e. The highest BCUT2D eigenvalue weighted by atomic mass is 32.2. The lowest BCUT2D eigenvalue weighted by Gasteiger charge is -2.23. The van der Waals surface area contributed by atoms with Gasteiger partial charge in [-0.2, -0.15) is 13.2 Å². The van der Waals surface area contributed by atoms with E-state index in [1.807, 2.05) is 0 Å². The number of alkyl halides is 3. The number of amides is 2. The Balaban J connectivity index is 1.80. The van der Waals surface area contributed by atoms with Crippen LogP contribution in [0, 0.1) is 0 Å². The van der Waals surface area contributed by atoms with Crippen molar-refractivity contribution in [3.63, 3.8) is 0 Å². The molecule has 2 aliphatic rings. The minimum Gasteiger partial charge on any atom is -0.288 e. The molecule has 0 N–H and O–H groups in total. The lowest BCUT2D eigenvalue weighted by atomic mass is 10.1. The summed E-state index contributed by atoms with van der Waals surface area (Å²) in [6.45, 7) is 0. The molecule has 27 heavy (non-hydrogen) atoms. The van der Waals surface area contributed by atoms with E-state index in [0.29, 0.717) is 5.69 Å². The van der Waals surface area contributed by atoms with Crippen molar-refractivity contribution >= 4 is 27.2 Å². The molecule has 0 radical (unpaired) electrons. The first-order valence-corrected chi connectivity index (χ1v) is 10.0. The largest absolute Gasteiger partial charge is 0.416 e. The van der Waals surface area contributed by atoms with Crippen LogP contribution in [0.3, 0.4) is 0 Å². The average Bonchev–Trinajstić information content (AvgIpc) is 3.03.